The molecule has 0 N–H and O–H groups in total. The lowest BCUT2D eigenvalue weighted by Gasteiger charge is -2.21. The second-order valence-corrected chi connectivity index (χ2v) is 5.98. The van der Waals surface area contributed by atoms with E-state index in [1.54, 1.807) is 6.92 Å². The van der Waals surface area contributed by atoms with Crippen LogP contribution in [0.5, 0.6) is 0 Å². The van der Waals surface area contributed by atoms with Crippen LogP contribution in [-0.4, -0.2) is 38.2 Å². The van der Waals surface area contributed by atoms with Gasteiger partial charge >= 0.3 is 6.03 Å². The van der Waals surface area contributed by atoms with Gasteiger partial charge in [0.1, 0.15) is 0 Å². The first kappa shape index (κ1) is 11.0. The normalized spacial score (nSPS) is 21.5. The van der Waals surface area contributed by atoms with Crippen molar-refractivity contribution in [2.24, 2.45) is 0 Å². The van der Waals surface area contributed by atoms with E-state index in [1.807, 2.05) is 6.92 Å². The molecule has 1 aliphatic heterocycles. The maximum Gasteiger partial charge on any atom is 0.329 e. The number of carbonyl (C=O) groups is 2. The molecular weight excluding hydrogens is 304 g/mol. The van der Waals surface area contributed by atoms with Gasteiger partial charge in [-0.15, -0.1) is 0 Å². The Bertz CT molecular complexity index is 255. The molecule has 0 aromatic rings. The quantitative estimate of drug-likeness (QED) is 0.442. The molecule has 1 fully saturated rings. The van der Waals surface area contributed by atoms with Crippen LogP contribution in [0.2, 0.25) is 0 Å². The number of halogens is 2. The zero-order valence-corrected chi connectivity index (χ0v) is 10.6. The molecule has 0 bridgehead atoms. The molecule has 0 aromatic carbocycles. The van der Waals surface area contributed by atoms with Crippen molar-refractivity contribution in [2.75, 3.05) is 13.1 Å². The lowest BCUT2D eigenvalue weighted by Crippen LogP contribution is -2.38. The first-order valence-corrected chi connectivity index (χ1v) is 5.56. The van der Waals surface area contributed by atoms with E-state index in [2.05, 4.69) is 31.9 Å². The highest BCUT2D eigenvalue weighted by Gasteiger charge is 2.53. The molecular formula is C7H10Br2N2O2. The monoisotopic (exact) mass is 312 g/mol. The number of likely N-dealkylation sites (N-methyl/N-ethyl adjacent to an activating group) is 2. The average Bonchev–Trinajstić information content (AvgIpc) is 2.20. The number of hydrogen-bond acceptors (Lipinski definition) is 2. The Labute approximate surface area is 93.5 Å². The first-order chi connectivity index (χ1) is 5.96. The molecule has 0 atom stereocenters. The Morgan fingerprint density at radius 2 is 1.77 bits per heavy atom. The van der Waals surface area contributed by atoms with Gasteiger partial charge in [-0.1, -0.05) is 0 Å². The van der Waals surface area contributed by atoms with Crippen LogP contribution in [0.1, 0.15) is 13.8 Å². The molecule has 0 radical (unpaired) electrons. The van der Waals surface area contributed by atoms with E-state index in [4.69, 9.17) is 0 Å². The molecule has 0 spiro atoms. The van der Waals surface area contributed by atoms with Gasteiger partial charge in [-0.3, -0.25) is 14.6 Å². The second-order valence-electron chi connectivity index (χ2n) is 2.62. The lowest BCUT2D eigenvalue weighted by atomic mass is 10.5. The fraction of sp³-hybridized carbons (Fsp3) is 0.714. The number of urea groups is 1. The van der Waals surface area contributed by atoms with Crippen molar-refractivity contribution in [3.05, 3.63) is 0 Å². The van der Waals surface area contributed by atoms with Crippen LogP contribution in [0.4, 0.5) is 4.79 Å². The number of carbonyl (C=O) groups excluding carboxylic acids is 2. The Hall–Kier alpha value is -0.100. The number of rotatable bonds is 2. The fourth-order valence-corrected chi connectivity index (χ4v) is 2.48. The van der Waals surface area contributed by atoms with Gasteiger partial charge in [0.05, 0.1) is 0 Å². The summed E-state index contributed by atoms with van der Waals surface area (Å²) in [4.78, 5) is 25.8. The number of amides is 3. The minimum absolute atomic E-state index is 0.260. The minimum atomic E-state index is -1.04. The minimum Gasteiger partial charge on any atom is -0.292 e. The Morgan fingerprint density at radius 1 is 1.23 bits per heavy atom. The highest BCUT2D eigenvalue weighted by atomic mass is 79.9. The van der Waals surface area contributed by atoms with Crippen LogP contribution >= 0.6 is 31.9 Å². The van der Waals surface area contributed by atoms with Crippen molar-refractivity contribution in [1.82, 2.24) is 9.80 Å². The standard InChI is InChI=1S/C7H10Br2N2O2/c1-3-10-5(12)7(8,9)11(4-2)6(10)13/h3-4H2,1-2H3. The van der Waals surface area contributed by atoms with Crippen LogP contribution in [-0.2, 0) is 4.79 Å². The van der Waals surface area contributed by atoms with Crippen LogP contribution in [0.15, 0.2) is 0 Å². The molecule has 74 valence electrons. The molecule has 4 nitrogen and oxygen atoms in total. The van der Waals surface area contributed by atoms with E-state index in [0.717, 1.165) is 0 Å². The number of nitrogens with zero attached hydrogens (tertiary/aromatic N) is 2. The Morgan fingerprint density at radius 3 is 2.00 bits per heavy atom. The third kappa shape index (κ3) is 1.50. The maximum atomic E-state index is 11.6. The van der Waals surface area contributed by atoms with Gasteiger partial charge in [0.25, 0.3) is 5.91 Å². The maximum absolute atomic E-state index is 11.6. The van der Waals surface area contributed by atoms with Crippen molar-refractivity contribution in [3.8, 4) is 0 Å². The van der Waals surface area contributed by atoms with E-state index in [-0.39, 0.29) is 11.9 Å². The molecule has 1 rings (SSSR count). The summed E-state index contributed by atoms with van der Waals surface area (Å²) in [5, 5.41) is 0. The van der Waals surface area contributed by atoms with Crippen molar-refractivity contribution in [1.29, 1.82) is 0 Å². The smallest absolute Gasteiger partial charge is 0.292 e. The third-order valence-electron chi connectivity index (χ3n) is 1.94. The molecule has 1 heterocycles. The summed E-state index contributed by atoms with van der Waals surface area (Å²) < 4.78 is -1.04. The van der Waals surface area contributed by atoms with Crippen molar-refractivity contribution >= 4 is 43.8 Å². The SMILES string of the molecule is CCN1C(=O)N(CC)C(Br)(Br)C1=O. The van der Waals surface area contributed by atoms with Crippen molar-refractivity contribution in [3.63, 3.8) is 0 Å². The summed E-state index contributed by atoms with van der Waals surface area (Å²) in [5.74, 6) is -0.262. The molecule has 1 aliphatic rings. The van der Waals surface area contributed by atoms with Gasteiger partial charge in [-0.25, -0.2) is 4.79 Å². The highest BCUT2D eigenvalue weighted by Crippen LogP contribution is 2.38. The number of imide groups is 1. The van der Waals surface area contributed by atoms with Gasteiger partial charge in [0.15, 0.2) is 0 Å². The number of hydrogen-bond donors (Lipinski definition) is 0. The van der Waals surface area contributed by atoms with Gasteiger partial charge in [0.2, 0.25) is 3.36 Å². The van der Waals surface area contributed by atoms with E-state index < -0.39 is 3.36 Å². The molecule has 6 heteroatoms. The topological polar surface area (TPSA) is 40.6 Å². The lowest BCUT2D eigenvalue weighted by molar-refractivity contribution is -0.126. The highest BCUT2D eigenvalue weighted by molar-refractivity contribution is 9.25. The fourth-order valence-electron chi connectivity index (χ4n) is 1.24. The van der Waals surface area contributed by atoms with Gasteiger partial charge < -0.3 is 0 Å². The van der Waals surface area contributed by atoms with Crippen LogP contribution < -0.4 is 0 Å². The number of alkyl halides is 2. The molecule has 0 unspecified atom stereocenters. The Balaban J connectivity index is 3.03. The summed E-state index contributed by atoms with van der Waals surface area (Å²) >= 11 is 6.37. The van der Waals surface area contributed by atoms with Crippen LogP contribution in [0, 0.1) is 0 Å². The molecule has 3 amide bonds. The van der Waals surface area contributed by atoms with Crippen LogP contribution in [0.25, 0.3) is 0 Å². The first-order valence-electron chi connectivity index (χ1n) is 3.98. The summed E-state index contributed by atoms with van der Waals surface area (Å²) in [6.45, 7) is 4.47. The third-order valence-corrected chi connectivity index (χ3v) is 3.47. The predicted octanol–water partition coefficient (Wildman–Crippen LogP) is 1.73. The summed E-state index contributed by atoms with van der Waals surface area (Å²) in [7, 11) is 0. The van der Waals surface area contributed by atoms with E-state index in [1.165, 1.54) is 9.80 Å². The van der Waals surface area contributed by atoms with E-state index in [9.17, 15) is 9.59 Å². The van der Waals surface area contributed by atoms with Gasteiger partial charge in [-0.05, 0) is 45.7 Å². The molecule has 13 heavy (non-hydrogen) atoms. The summed E-state index contributed by atoms with van der Waals surface area (Å²) in [5.41, 5.74) is 0. The zero-order chi connectivity index (χ0) is 10.2. The van der Waals surface area contributed by atoms with E-state index >= 15 is 0 Å². The molecule has 0 aromatic heterocycles. The predicted molar refractivity (Wildman–Crippen MR) is 55.7 cm³/mol. The summed E-state index contributed by atoms with van der Waals surface area (Å²) in [6.07, 6.45) is 0. The molecule has 1 saturated heterocycles. The zero-order valence-electron chi connectivity index (χ0n) is 7.38. The van der Waals surface area contributed by atoms with Gasteiger partial charge in [0, 0.05) is 13.1 Å². The molecule has 0 saturated carbocycles. The Kier molecular flexibility index (Phi) is 3.01. The second kappa shape index (κ2) is 3.57. The van der Waals surface area contributed by atoms with Crippen molar-refractivity contribution in [2.45, 2.75) is 17.2 Å². The van der Waals surface area contributed by atoms with E-state index in [0.29, 0.717) is 13.1 Å². The van der Waals surface area contributed by atoms with Crippen molar-refractivity contribution < 1.29 is 9.59 Å². The largest absolute Gasteiger partial charge is 0.329 e. The summed E-state index contributed by atoms with van der Waals surface area (Å²) in [6, 6.07) is -0.260. The van der Waals surface area contributed by atoms with Gasteiger partial charge in [-0.2, -0.15) is 0 Å². The average molecular weight is 314 g/mol. The van der Waals surface area contributed by atoms with Crippen LogP contribution in [0.3, 0.4) is 0 Å². The molecule has 0 aliphatic carbocycles.